The molecule has 1 amide bonds. The second-order valence-electron chi connectivity index (χ2n) is 4.73. The van der Waals surface area contributed by atoms with Crippen molar-refractivity contribution in [2.45, 2.75) is 0 Å². The van der Waals surface area contributed by atoms with E-state index >= 15 is 0 Å². The SMILES string of the molecule is COc1ccc(C(=O)OCC(=O)N(C)C)c2ccccc12. The van der Waals surface area contributed by atoms with Crippen molar-refractivity contribution in [1.82, 2.24) is 4.90 Å². The Bertz CT molecular complexity index is 679. The van der Waals surface area contributed by atoms with Crippen molar-refractivity contribution in [3.05, 3.63) is 42.0 Å². The van der Waals surface area contributed by atoms with E-state index in [-0.39, 0.29) is 12.5 Å². The van der Waals surface area contributed by atoms with Crippen LogP contribution in [0.5, 0.6) is 5.75 Å². The smallest absolute Gasteiger partial charge is 0.339 e. The summed E-state index contributed by atoms with van der Waals surface area (Å²) in [6.07, 6.45) is 0. The van der Waals surface area contributed by atoms with E-state index in [1.165, 1.54) is 4.90 Å². The lowest BCUT2D eigenvalue weighted by molar-refractivity contribution is -0.131. The number of amides is 1. The Morgan fingerprint density at radius 1 is 1.05 bits per heavy atom. The summed E-state index contributed by atoms with van der Waals surface area (Å²) in [5.41, 5.74) is 0.415. The van der Waals surface area contributed by atoms with Gasteiger partial charge < -0.3 is 14.4 Å². The second-order valence-corrected chi connectivity index (χ2v) is 4.73. The van der Waals surface area contributed by atoms with Gasteiger partial charge in [-0.2, -0.15) is 0 Å². The van der Waals surface area contributed by atoms with E-state index in [0.29, 0.717) is 11.3 Å². The fraction of sp³-hybridized carbons (Fsp3) is 0.250. The number of nitrogens with zero attached hydrogens (tertiary/aromatic N) is 1. The first-order valence-corrected chi connectivity index (χ1v) is 6.47. The average Bonchev–Trinajstić information content (AvgIpc) is 2.50. The van der Waals surface area contributed by atoms with Crippen LogP contribution in [0.15, 0.2) is 36.4 Å². The summed E-state index contributed by atoms with van der Waals surface area (Å²) in [5.74, 6) is -0.100. The summed E-state index contributed by atoms with van der Waals surface area (Å²) in [4.78, 5) is 25.0. The molecule has 0 N–H and O–H groups in total. The van der Waals surface area contributed by atoms with Crippen LogP contribution in [0.4, 0.5) is 0 Å². The number of fused-ring (bicyclic) bond motifs is 1. The molecule has 0 saturated carbocycles. The summed E-state index contributed by atoms with van der Waals surface area (Å²) in [5, 5.41) is 1.56. The number of esters is 1. The van der Waals surface area contributed by atoms with Gasteiger partial charge in [-0.3, -0.25) is 4.79 Å². The van der Waals surface area contributed by atoms with Crippen LogP contribution in [-0.4, -0.2) is 44.6 Å². The van der Waals surface area contributed by atoms with E-state index in [1.54, 1.807) is 33.3 Å². The van der Waals surface area contributed by atoms with Gasteiger partial charge in [-0.15, -0.1) is 0 Å². The monoisotopic (exact) mass is 287 g/mol. The van der Waals surface area contributed by atoms with Gasteiger partial charge in [0, 0.05) is 19.5 Å². The molecule has 21 heavy (non-hydrogen) atoms. The van der Waals surface area contributed by atoms with Crippen molar-refractivity contribution in [3.63, 3.8) is 0 Å². The first-order chi connectivity index (χ1) is 10.0. The van der Waals surface area contributed by atoms with Crippen molar-refractivity contribution in [1.29, 1.82) is 0 Å². The molecular formula is C16H17NO4. The van der Waals surface area contributed by atoms with Gasteiger partial charge in [-0.25, -0.2) is 4.79 Å². The maximum absolute atomic E-state index is 12.2. The maximum Gasteiger partial charge on any atom is 0.339 e. The minimum absolute atomic E-state index is 0.263. The van der Waals surface area contributed by atoms with E-state index < -0.39 is 5.97 Å². The van der Waals surface area contributed by atoms with E-state index in [1.807, 2.05) is 24.3 Å². The standard InChI is InChI=1S/C16H17NO4/c1-17(2)15(18)10-21-16(19)13-8-9-14(20-3)12-7-5-4-6-11(12)13/h4-9H,10H2,1-3H3. The third-order valence-electron chi connectivity index (χ3n) is 3.15. The molecule has 0 heterocycles. The molecule has 0 radical (unpaired) electrons. The number of hydrogen-bond donors (Lipinski definition) is 0. The van der Waals surface area contributed by atoms with Crippen molar-refractivity contribution in [2.75, 3.05) is 27.8 Å². The zero-order valence-corrected chi connectivity index (χ0v) is 12.3. The highest BCUT2D eigenvalue weighted by Gasteiger charge is 2.15. The van der Waals surface area contributed by atoms with E-state index in [2.05, 4.69) is 0 Å². The summed E-state index contributed by atoms with van der Waals surface area (Å²) in [6, 6.07) is 10.8. The number of ether oxygens (including phenoxy) is 2. The molecule has 0 aliphatic rings. The Hall–Kier alpha value is -2.56. The van der Waals surface area contributed by atoms with Crippen LogP contribution < -0.4 is 4.74 Å². The topological polar surface area (TPSA) is 55.8 Å². The fourth-order valence-electron chi connectivity index (χ4n) is 1.96. The van der Waals surface area contributed by atoms with Gasteiger partial charge in [0.05, 0.1) is 12.7 Å². The van der Waals surface area contributed by atoms with Gasteiger partial charge in [-0.1, -0.05) is 24.3 Å². The highest BCUT2D eigenvalue weighted by Crippen LogP contribution is 2.28. The molecule has 0 atom stereocenters. The van der Waals surface area contributed by atoms with E-state index in [9.17, 15) is 9.59 Å². The minimum Gasteiger partial charge on any atom is -0.496 e. The summed E-state index contributed by atoms with van der Waals surface area (Å²) in [6.45, 7) is -0.272. The van der Waals surface area contributed by atoms with Crippen LogP contribution in [0.25, 0.3) is 10.8 Å². The van der Waals surface area contributed by atoms with Crippen LogP contribution in [0.1, 0.15) is 10.4 Å². The highest BCUT2D eigenvalue weighted by molar-refractivity contribution is 6.06. The average molecular weight is 287 g/mol. The first-order valence-electron chi connectivity index (χ1n) is 6.47. The molecule has 0 aliphatic carbocycles. The van der Waals surface area contributed by atoms with E-state index in [4.69, 9.17) is 9.47 Å². The highest BCUT2D eigenvalue weighted by atomic mass is 16.5. The molecule has 0 saturated heterocycles. The quantitative estimate of drug-likeness (QED) is 0.808. The van der Waals surface area contributed by atoms with Gasteiger partial charge in [0.15, 0.2) is 6.61 Å². The lowest BCUT2D eigenvalue weighted by Gasteiger charge is -2.12. The predicted molar refractivity (Wildman–Crippen MR) is 79.5 cm³/mol. The normalized spacial score (nSPS) is 10.2. The molecule has 110 valence electrons. The van der Waals surface area contributed by atoms with Crippen LogP contribution in [0.2, 0.25) is 0 Å². The molecule has 0 aliphatic heterocycles. The largest absolute Gasteiger partial charge is 0.496 e. The fourth-order valence-corrected chi connectivity index (χ4v) is 1.96. The number of likely N-dealkylation sites (N-methyl/N-ethyl adjacent to an activating group) is 1. The second kappa shape index (κ2) is 6.26. The van der Waals surface area contributed by atoms with Crippen LogP contribution in [0, 0.1) is 0 Å². The van der Waals surface area contributed by atoms with Gasteiger partial charge in [0.1, 0.15) is 5.75 Å². The van der Waals surface area contributed by atoms with Crippen molar-refractivity contribution >= 4 is 22.6 Å². The van der Waals surface area contributed by atoms with Gasteiger partial charge in [0.2, 0.25) is 0 Å². The predicted octanol–water partition coefficient (Wildman–Crippen LogP) is 2.09. The molecule has 5 nitrogen and oxygen atoms in total. The minimum atomic E-state index is -0.524. The molecule has 0 spiro atoms. The third-order valence-corrected chi connectivity index (χ3v) is 3.15. The Morgan fingerprint density at radius 3 is 2.33 bits per heavy atom. The van der Waals surface area contributed by atoms with Crippen LogP contribution in [0.3, 0.4) is 0 Å². The summed E-state index contributed by atoms with van der Waals surface area (Å²) >= 11 is 0. The van der Waals surface area contributed by atoms with Crippen LogP contribution >= 0.6 is 0 Å². The van der Waals surface area contributed by atoms with Crippen molar-refractivity contribution in [2.24, 2.45) is 0 Å². The number of benzene rings is 2. The maximum atomic E-state index is 12.2. The number of carbonyl (C=O) groups excluding carboxylic acids is 2. The van der Waals surface area contributed by atoms with Crippen LogP contribution in [-0.2, 0) is 9.53 Å². The number of rotatable bonds is 4. The molecule has 0 fully saturated rings. The summed E-state index contributed by atoms with van der Waals surface area (Å²) in [7, 11) is 4.80. The number of carbonyl (C=O) groups is 2. The van der Waals surface area contributed by atoms with Gasteiger partial charge >= 0.3 is 5.97 Å². The van der Waals surface area contributed by atoms with Crippen molar-refractivity contribution in [3.8, 4) is 5.75 Å². The Labute approximate surface area is 123 Å². The molecule has 2 aromatic carbocycles. The number of methoxy groups -OCH3 is 1. The number of hydrogen-bond acceptors (Lipinski definition) is 4. The van der Waals surface area contributed by atoms with E-state index in [0.717, 1.165) is 10.8 Å². The lowest BCUT2D eigenvalue weighted by atomic mass is 10.0. The van der Waals surface area contributed by atoms with Gasteiger partial charge in [-0.05, 0) is 17.5 Å². The molecule has 0 bridgehead atoms. The Kier molecular flexibility index (Phi) is 4.42. The Morgan fingerprint density at radius 2 is 1.71 bits per heavy atom. The lowest BCUT2D eigenvalue weighted by Crippen LogP contribution is -2.27. The molecule has 2 rings (SSSR count). The molecule has 5 heteroatoms. The molecular weight excluding hydrogens is 270 g/mol. The Balaban J connectivity index is 2.30. The van der Waals surface area contributed by atoms with Crippen molar-refractivity contribution < 1.29 is 19.1 Å². The zero-order valence-electron chi connectivity index (χ0n) is 12.3. The third kappa shape index (κ3) is 3.13. The zero-order chi connectivity index (χ0) is 15.4. The first kappa shape index (κ1) is 14.8. The molecule has 0 unspecified atom stereocenters. The molecule has 2 aromatic rings. The summed E-state index contributed by atoms with van der Waals surface area (Å²) < 4.78 is 10.3. The van der Waals surface area contributed by atoms with Gasteiger partial charge in [0.25, 0.3) is 5.91 Å². The molecule has 0 aromatic heterocycles.